The fraction of sp³-hybridized carbons (Fsp3) is 0.519. The van der Waals surface area contributed by atoms with Gasteiger partial charge in [0.25, 0.3) is 0 Å². The van der Waals surface area contributed by atoms with Crippen LogP contribution in [-0.4, -0.2) is 75.7 Å². The number of benzene rings is 1. The first-order valence-electron chi connectivity index (χ1n) is 13.9. The molecule has 3 N–H and O–H groups in total. The van der Waals surface area contributed by atoms with Crippen molar-refractivity contribution in [2.24, 2.45) is 5.92 Å². The van der Waals surface area contributed by atoms with Crippen molar-refractivity contribution >= 4 is 36.8 Å². The molecule has 0 aliphatic carbocycles. The average Bonchev–Trinajstić information content (AvgIpc) is 3.52. The Hall–Kier alpha value is -3.85. The lowest BCUT2D eigenvalue weighted by atomic mass is 10.00. The molecule has 3 aromatic rings. The van der Waals surface area contributed by atoms with Gasteiger partial charge in [0.15, 0.2) is 23.5 Å². The van der Waals surface area contributed by atoms with Crippen molar-refractivity contribution in [3.8, 4) is 11.6 Å². The van der Waals surface area contributed by atoms with E-state index in [0.29, 0.717) is 0 Å². The maximum absolute atomic E-state index is 14.6. The van der Waals surface area contributed by atoms with E-state index in [1.807, 2.05) is 0 Å². The summed E-state index contributed by atoms with van der Waals surface area (Å²) in [5.74, 6) is -2.23. The minimum atomic E-state index is -4.31. The topological polar surface area (TPSA) is 188 Å². The van der Waals surface area contributed by atoms with Crippen LogP contribution < -0.4 is 20.1 Å². The van der Waals surface area contributed by atoms with Gasteiger partial charge in [-0.05, 0) is 39.8 Å². The number of nitrogens with zero attached hydrogens (tertiary/aromatic N) is 4. The highest BCUT2D eigenvalue weighted by molar-refractivity contribution is 7.52. The van der Waals surface area contributed by atoms with Crippen molar-refractivity contribution in [2.75, 3.05) is 25.6 Å². The number of ether oxygens (including phenoxy) is 4. The Morgan fingerprint density at radius 1 is 1.20 bits per heavy atom. The van der Waals surface area contributed by atoms with Crippen LogP contribution in [0, 0.1) is 5.92 Å². The molecule has 0 unspecified atom stereocenters. The van der Waals surface area contributed by atoms with Gasteiger partial charge < -0.3 is 29.2 Å². The standard InChI is InChI=1S/C27H36FN6O9P/c1-6-38-24-21-23(31-27(29)32-24)34(14-30-21)25-22(41-17(5)35)19(12-28)20(42-25)13-39-44(37,43-18-10-8-7-9-11-18)33-16(4)26(36)40-15(2)3/h7-11,14-16,19-20,22,25H,6,12-13H2,1-5H3,(H,33,37)(H2,29,31,32)/t16-,19-,20-,22-,25-,44-/m1/s1. The van der Waals surface area contributed by atoms with Crippen LogP contribution in [-0.2, 0) is 32.9 Å². The second-order valence-electron chi connectivity index (χ2n) is 10.1. The fourth-order valence-electron chi connectivity index (χ4n) is 4.53. The van der Waals surface area contributed by atoms with E-state index in [1.165, 1.54) is 24.7 Å². The highest BCUT2D eigenvalue weighted by atomic mass is 31.2. The predicted octanol–water partition coefficient (Wildman–Crippen LogP) is 3.36. The van der Waals surface area contributed by atoms with Crippen LogP contribution in [0.3, 0.4) is 0 Å². The molecule has 2 aromatic heterocycles. The van der Waals surface area contributed by atoms with Gasteiger partial charge in [-0.1, -0.05) is 18.2 Å². The van der Waals surface area contributed by atoms with Crippen LogP contribution in [0.25, 0.3) is 11.2 Å². The van der Waals surface area contributed by atoms with Crippen molar-refractivity contribution in [2.45, 2.75) is 65.2 Å². The predicted molar refractivity (Wildman–Crippen MR) is 154 cm³/mol. The average molecular weight is 639 g/mol. The van der Waals surface area contributed by atoms with E-state index in [-0.39, 0.29) is 35.3 Å². The number of hydrogen-bond donors (Lipinski definition) is 2. The zero-order valence-corrected chi connectivity index (χ0v) is 25.8. The van der Waals surface area contributed by atoms with E-state index >= 15 is 0 Å². The van der Waals surface area contributed by atoms with Crippen molar-refractivity contribution < 1.29 is 46.5 Å². The SMILES string of the molecule is CCOc1nc(N)nc2c1ncn2[C@@H]1O[C@H](CO[P@](=O)(N[C@H](C)C(=O)OC(C)C)Oc2ccccc2)[C@@H](CF)[C@H]1OC(C)=O. The smallest absolute Gasteiger partial charge is 0.459 e. The third-order valence-electron chi connectivity index (χ3n) is 6.37. The Bertz CT molecular complexity index is 1490. The molecule has 15 nitrogen and oxygen atoms in total. The number of carbonyl (C=O) groups is 2. The summed E-state index contributed by atoms with van der Waals surface area (Å²) in [7, 11) is -4.31. The van der Waals surface area contributed by atoms with Crippen molar-refractivity contribution in [1.29, 1.82) is 0 Å². The molecule has 0 amide bonds. The highest BCUT2D eigenvalue weighted by Gasteiger charge is 2.49. The first-order chi connectivity index (χ1) is 20.9. The quantitative estimate of drug-likeness (QED) is 0.193. The van der Waals surface area contributed by atoms with Gasteiger partial charge in [-0.3, -0.25) is 23.1 Å². The molecule has 17 heteroatoms. The van der Waals surface area contributed by atoms with Crippen molar-refractivity contribution in [3.05, 3.63) is 36.7 Å². The Morgan fingerprint density at radius 2 is 1.93 bits per heavy atom. The molecular weight excluding hydrogens is 602 g/mol. The van der Waals surface area contributed by atoms with Gasteiger partial charge in [0.2, 0.25) is 11.8 Å². The van der Waals surface area contributed by atoms with E-state index in [4.69, 9.17) is 33.7 Å². The summed E-state index contributed by atoms with van der Waals surface area (Å²) in [6.07, 6.45) is -2.47. The van der Waals surface area contributed by atoms with E-state index in [2.05, 4.69) is 20.0 Å². The molecule has 0 bridgehead atoms. The maximum atomic E-state index is 14.6. The van der Waals surface area contributed by atoms with Gasteiger partial charge in [-0.15, -0.1) is 0 Å². The first kappa shape index (κ1) is 33.1. The summed E-state index contributed by atoms with van der Waals surface area (Å²) in [6.45, 7) is 6.53. The number of nitrogens with one attached hydrogen (secondary N) is 1. The second kappa shape index (κ2) is 14.3. The molecule has 6 atom stereocenters. The molecule has 1 aromatic carbocycles. The Labute approximate surface area is 253 Å². The molecule has 1 saturated heterocycles. The Morgan fingerprint density at radius 3 is 2.57 bits per heavy atom. The van der Waals surface area contributed by atoms with Crippen LogP contribution in [0.1, 0.15) is 40.8 Å². The maximum Gasteiger partial charge on any atom is 0.459 e. The number of esters is 2. The lowest BCUT2D eigenvalue weighted by Crippen LogP contribution is -2.37. The van der Waals surface area contributed by atoms with E-state index < -0.39 is 69.5 Å². The normalized spacial score (nSPS) is 22.0. The molecule has 1 aliphatic rings. The first-order valence-corrected chi connectivity index (χ1v) is 15.5. The number of para-hydroxylation sites is 1. The van der Waals surface area contributed by atoms with Crippen LogP contribution >= 0.6 is 7.75 Å². The molecule has 0 saturated carbocycles. The summed E-state index contributed by atoms with van der Waals surface area (Å²) in [5.41, 5.74) is 6.34. The number of halogens is 1. The fourth-order valence-corrected chi connectivity index (χ4v) is 6.03. The molecular formula is C27H36FN6O9P. The van der Waals surface area contributed by atoms with Gasteiger partial charge in [-0.2, -0.15) is 15.1 Å². The van der Waals surface area contributed by atoms with Crippen LogP contribution in [0.4, 0.5) is 10.3 Å². The summed E-state index contributed by atoms with van der Waals surface area (Å²) in [6, 6.07) is 7.05. The summed E-state index contributed by atoms with van der Waals surface area (Å²) in [4.78, 5) is 37.2. The lowest BCUT2D eigenvalue weighted by molar-refractivity contribution is -0.154. The molecule has 1 aliphatic heterocycles. The number of nitrogen functional groups attached to an aromatic ring is 1. The molecule has 44 heavy (non-hydrogen) atoms. The van der Waals surface area contributed by atoms with Crippen molar-refractivity contribution in [3.63, 3.8) is 0 Å². The number of hydrogen-bond acceptors (Lipinski definition) is 13. The van der Waals surface area contributed by atoms with E-state index in [1.54, 1.807) is 51.1 Å². The third-order valence-corrected chi connectivity index (χ3v) is 8.02. The molecule has 4 rings (SSSR count). The number of carbonyl (C=O) groups excluding carboxylic acids is 2. The van der Waals surface area contributed by atoms with Gasteiger partial charge in [-0.25, -0.2) is 9.55 Å². The number of aromatic nitrogens is 4. The van der Waals surface area contributed by atoms with E-state index in [0.717, 1.165) is 0 Å². The number of alkyl halides is 1. The summed E-state index contributed by atoms with van der Waals surface area (Å²) >= 11 is 0. The molecule has 3 heterocycles. The van der Waals surface area contributed by atoms with Crippen molar-refractivity contribution in [1.82, 2.24) is 24.6 Å². The number of rotatable bonds is 14. The minimum absolute atomic E-state index is 0.109. The second-order valence-corrected chi connectivity index (χ2v) is 11.8. The molecule has 0 spiro atoms. The molecule has 240 valence electrons. The Balaban J connectivity index is 1.63. The monoisotopic (exact) mass is 638 g/mol. The zero-order chi connectivity index (χ0) is 32.0. The summed E-state index contributed by atoms with van der Waals surface area (Å²) < 4.78 is 63.8. The number of anilines is 1. The minimum Gasteiger partial charge on any atom is -0.476 e. The highest BCUT2D eigenvalue weighted by Crippen LogP contribution is 2.47. The summed E-state index contributed by atoms with van der Waals surface area (Å²) in [5, 5.41) is 2.58. The van der Waals surface area contributed by atoms with Crippen LogP contribution in [0.15, 0.2) is 36.7 Å². The van der Waals surface area contributed by atoms with Gasteiger partial charge >= 0.3 is 19.7 Å². The van der Waals surface area contributed by atoms with Gasteiger partial charge in [0, 0.05) is 6.92 Å². The zero-order valence-electron chi connectivity index (χ0n) is 24.9. The number of imidazole rings is 1. The largest absolute Gasteiger partial charge is 0.476 e. The van der Waals surface area contributed by atoms with Gasteiger partial charge in [0.05, 0.1) is 44.3 Å². The van der Waals surface area contributed by atoms with Crippen LogP contribution in [0.5, 0.6) is 11.6 Å². The molecule has 0 radical (unpaired) electrons. The van der Waals surface area contributed by atoms with E-state index in [9.17, 15) is 18.5 Å². The number of nitrogens with two attached hydrogens (primary N) is 1. The number of fused-ring (bicyclic) bond motifs is 1. The third kappa shape index (κ3) is 7.80. The molecule has 1 fully saturated rings. The lowest BCUT2D eigenvalue weighted by Gasteiger charge is -2.25. The Kier molecular flexibility index (Phi) is 10.7. The van der Waals surface area contributed by atoms with Crippen LogP contribution in [0.2, 0.25) is 0 Å². The van der Waals surface area contributed by atoms with Gasteiger partial charge in [0.1, 0.15) is 11.8 Å².